The number of rotatable bonds is 3. The lowest BCUT2D eigenvalue weighted by Crippen LogP contribution is -2.24. The molecule has 1 atom stereocenters. The van der Waals surface area contributed by atoms with Gasteiger partial charge in [0.1, 0.15) is 5.69 Å². The SMILES string of the molecule is COc1cnn(C(C)C)c1[C@H](O)C(F)(F)F. The van der Waals surface area contributed by atoms with Crippen LogP contribution in [-0.4, -0.2) is 28.2 Å². The van der Waals surface area contributed by atoms with Gasteiger partial charge >= 0.3 is 6.18 Å². The Morgan fingerprint density at radius 1 is 1.44 bits per heavy atom. The van der Waals surface area contributed by atoms with Crippen molar-refractivity contribution in [1.82, 2.24) is 9.78 Å². The molecule has 0 saturated heterocycles. The van der Waals surface area contributed by atoms with Gasteiger partial charge in [0, 0.05) is 6.04 Å². The second-order valence-electron chi connectivity index (χ2n) is 3.58. The monoisotopic (exact) mass is 238 g/mol. The van der Waals surface area contributed by atoms with Crippen molar-refractivity contribution in [3.05, 3.63) is 11.9 Å². The molecule has 92 valence electrons. The van der Waals surface area contributed by atoms with E-state index in [9.17, 15) is 18.3 Å². The number of aromatic nitrogens is 2. The molecular formula is C9H13F3N2O2. The normalized spacial score (nSPS) is 14.2. The number of aliphatic hydroxyl groups excluding tert-OH is 1. The zero-order chi connectivity index (χ0) is 12.5. The molecule has 1 heterocycles. The van der Waals surface area contributed by atoms with Crippen molar-refractivity contribution < 1.29 is 23.0 Å². The first-order valence-electron chi connectivity index (χ1n) is 4.65. The van der Waals surface area contributed by atoms with Gasteiger partial charge in [-0.2, -0.15) is 18.3 Å². The molecule has 0 bridgehead atoms. The smallest absolute Gasteiger partial charge is 0.420 e. The van der Waals surface area contributed by atoms with Crippen LogP contribution in [-0.2, 0) is 0 Å². The van der Waals surface area contributed by atoms with Gasteiger partial charge in [-0.3, -0.25) is 4.68 Å². The van der Waals surface area contributed by atoms with E-state index in [0.29, 0.717) is 0 Å². The molecule has 0 spiro atoms. The van der Waals surface area contributed by atoms with Gasteiger partial charge in [0.05, 0.1) is 13.3 Å². The summed E-state index contributed by atoms with van der Waals surface area (Å²) in [6.07, 6.45) is -6.17. The average molecular weight is 238 g/mol. The van der Waals surface area contributed by atoms with Crippen LogP contribution in [0.5, 0.6) is 5.75 Å². The Kier molecular flexibility index (Phi) is 3.47. The summed E-state index contributed by atoms with van der Waals surface area (Å²) in [6.45, 7) is 3.33. The number of nitrogens with zero attached hydrogens (tertiary/aromatic N) is 2. The molecular weight excluding hydrogens is 225 g/mol. The van der Waals surface area contributed by atoms with Gasteiger partial charge in [0.2, 0.25) is 0 Å². The second kappa shape index (κ2) is 4.32. The van der Waals surface area contributed by atoms with Crippen molar-refractivity contribution in [1.29, 1.82) is 0 Å². The lowest BCUT2D eigenvalue weighted by molar-refractivity contribution is -0.209. The van der Waals surface area contributed by atoms with Crippen LogP contribution >= 0.6 is 0 Å². The largest absolute Gasteiger partial charge is 0.493 e. The highest BCUT2D eigenvalue weighted by molar-refractivity contribution is 5.28. The zero-order valence-corrected chi connectivity index (χ0v) is 9.12. The molecule has 0 amide bonds. The van der Waals surface area contributed by atoms with E-state index in [1.54, 1.807) is 13.8 Å². The highest BCUT2D eigenvalue weighted by Gasteiger charge is 2.43. The number of alkyl halides is 3. The third kappa shape index (κ3) is 2.29. The van der Waals surface area contributed by atoms with Gasteiger partial charge in [-0.1, -0.05) is 0 Å². The van der Waals surface area contributed by atoms with Crippen LogP contribution in [0.2, 0.25) is 0 Å². The van der Waals surface area contributed by atoms with Crippen molar-refractivity contribution in [2.45, 2.75) is 32.2 Å². The van der Waals surface area contributed by atoms with Crippen LogP contribution in [0, 0.1) is 0 Å². The first kappa shape index (κ1) is 12.8. The van der Waals surface area contributed by atoms with E-state index in [0.717, 1.165) is 10.9 Å². The number of hydrogen-bond donors (Lipinski definition) is 1. The molecule has 4 nitrogen and oxygen atoms in total. The fourth-order valence-corrected chi connectivity index (χ4v) is 1.34. The first-order valence-corrected chi connectivity index (χ1v) is 4.65. The number of aliphatic hydroxyl groups is 1. The molecule has 0 radical (unpaired) electrons. The Balaban J connectivity index is 3.23. The van der Waals surface area contributed by atoms with Gasteiger partial charge in [0.25, 0.3) is 0 Å². The van der Waals surface area contributed by atoms with Crippen molar-refractivity contribution in [3.8, 4) is 5.75 Å². The standard InChI is InChI=1S/C9H13F3N2O2/c1-5(2)14-7(6(16-3)4-13-14)8(15)9(10,11)12/h4-5,8,15H,1-3H3/t8-/m0/s1. The Morgan fingerprint density at radius 3 is 2.38 bits per heavy atom. The second-order valence-corrected chi connectivity index (χ2v) is 3.58. The number of methoxy groups -OCH3 is 1. The average Bonchev–Trinajstić information content (AvgIpc) is 2.57. The molecule has 16 heavy (non-hydrogen) atoms. The summed E-state index contributed by atoms with van der Waals surface area (Å²) in [6, 6.07) is -0.295. The molecule has 0 fully saturated rings. The van der Waals surface area contributed by atoms with Crippen LogP contribution in [0.1, 0.15) is 31.7 Å². The molecule has 0 saturated carbocycles. The molecule has 0 unspecified atom stereocenters. The summed E-state index contributed by atoms with van der Waals surface area (Å²) < 4.78 is 43.1. The molecule has 1 N–H and O–H groups in total. The van der Waals surface area contributed by atoms with Crippen LogP contribution in [0.3, 0.4) is 0 Å². The van der Waals surface area contributed by atoms with E-state index in [-0.39, 0.29) is 17.5 Å². The Hall–Kier alpha value is -1.24. The van der Waals surface area contributed by atoms with Crippen molar-refractivity contribution in [2.75, 3.05) is 7.11 Å². The number of ether oxygens (including phenoxy) is 1. The van der Waals surface area contributed by atoms with E-state index in [1.807, 2.05) is 0 Å². The van der Waals surface area contributed by atoms with Crippen LogP contribution in [0.4, 0.5) is 13.2 Å². The van der Waals surface area contributed by atoms with Crippen LogP contribution in [0.25, 0.3) is 0 Å². The number of hydrogen-bond acceptors (Lipinski definition) is 3. The molecule has 1 aromatic rings. The summed E-state index contributed by atoms with van der Waals surface area (Å²) in [5.74, 6) is -0.0708. The Morgan fingerprint density at radius 2 is 2.00 bits per heavy atom. The molecule has 0 aliphatic carbocycles. The fraction of sp³-hybridized carbons (Fsp3) is 0.667. The highest BCUT2D eigenvalue weighted by atomic mass is 19.4. The van der Waals surface area contributed by atoms with Crippen LogP contribution < -0.4 is 4.74 Å². The molecule has 0 aliphatic heterocycles. The summed E-state index contributed by atoms with van der Waals surface area (Å²) in [5, 5.41) is 13.0. The predicted octanol–water partition coefficient (Wildman–Crippen LogP) is 2.07. The molecule has 0 aromatic carbocycles. The molecule has 0 aliphatic rings. The minimum atomic E-state index is -4.74. The van der Waals surface area contributed by atoms with Crippen molar-refractivity contribution in [3.63, 3.8) is 0 Å². The minimum Gasteiger partial charge on any atom is -0.493 e. The third-order valence-electron chi connectivity index (χ3n) is 2.08. The third-order valence-corrected chi connectivity index (χ3v) is 2.08. The zero-order valence-electron chi connectivity index (χ0n) is 9.12. The Bertz CT molecular complexity index is 360. The van der Waals surface area contributed by atoms with E-state index in [4.69, 9.17) is 4.74 Å². The van der Waals surface area contributed by atoms with Gasteiger partial charge in [-0.25, -0.2) is 0 Å². The van der Waals surface area contributed by atoms with Gasteiger partial charge < -0.3 is 9.84 Å². The quantitative estimate of drug-likeness (QED) is 0.876. The lowest BCUT2D eigenvalue weighted by atomic mass is 10.2. The molecule has 7 heteroatoms. The minimum absolute atomic E-state index is 0.0708. The number of halogens is 3. The van der Waals surface area contributed by atoms with Gasteiger partial charge in [-0.15, -0.1) is 0 Å². The van der Waals surface area contributed by atoms with Crippen LogP contribution in [0.15, 0.2) is 6.20 Å². The Labute approximate surface area is 90.6 Å². The highest BCUT2D eigenvalue weighted by Crippen LogP contribution is 2.37. The molecule has 1 aromatic heterocycles. The molecule has 1 rings (SSSR count). The van der Waals surface area contributed by atoms with E-state index >= 15 is 0 Å². The van der Waals surface area contributed by atoms with E-state index < -0.39 is 12.3 Å². The van der Waals surface area contributed by atoms with Crippen molar-refractivity contribution >= 4 is 0 Å². The van der Waals surface area contributed by atoms with Gasteiger partial charge in [0.15, 0.2) is 11.9 Å². The maximum atomic E-state index is 12.4. The van der Waals surface area contributed by atoms with Crippen molar-refractivity contribution in [2.24, 2.45) is 0 Å². The lowest BCUT2D eigenvalue weighted by Gasteiger charge is -2.19. The summed E-state index contributed by atoms with van der Waals surface area (Å²) in [4.78, 5) is 0. The topological polar surface area (TPSA) is 47.3 Å². The first-order chi connectivity index (χ1) is 7.29. The summed E-state index contributed by atoms with van der Waals surface area (Å²) in [7, 11) is 1.23. The van der Waals surface area contributed by atoms with E-state index in [1.165, 1.54) is 7.11 Å². The summed E-state index contributed by atoms with van der Waals surface area (Å²) >= 11 is 0. The van der Waals surface area contributed by atoms with Gasteiger partial charge in [-0.05, 0) is 13.8 Å². The maximum Gasteiger partial charge on any atom is 0.420 e. The van der Waals surface area contributed by atoms with E-state index in [2.05, 4.69) is 5.10 Å². The maximum absolute atomic E-state index is 12.4. The predicted molar refractivity (Wildman–Crippen MR) is 50.2 cm³/mol. The summed E-state index contributed by atoms with van der Waals surface area (Å²) in [5.41, 5.74) is -0.370. The fourth-order valence-electron chi connectivity index (χ4n) is 1.34.